The normalized spacial score (nSPS) is 10.6. The molecule has 0 aliphatic rings. The molecule has 0 saturated carbocycles. The monoisotopic (exact) mass is 313 g/mol. The van der Waals surface area contributed by atoms with E-state index in [4.69, 9.17) is 17.0 Å². The van der Waals surface area contributed by atoms with Crippen LogP contribution in [0.5, 0.6) is 11.5 Å². The van der Waals surface area contributed by atoms with Crippen LogP contribution in [0.3, 0.4) is 0 Å². The fraction of sp³-hybridized carbons (Fsp3) is 0.125. The molecule has 0 saturated heterocycles. The molecule has 0 aliphatic carbocycles. The number of para-hydroxylation sites is 2. The van der Waals surface area contributed by atoms with Crippen LogP contribution >= 0.6 is 12.2 Å². The molecule has 0 atom stereocenters. The molecule has 0 aliphatic heterocycles. The second-order valence-electron chi connectivity index (χ2n) is 4.86. The molecule has 3 aromatic rings. The molecule has 2 aromatic carbocycles. The Labute approximate surface area is 132 Å². The molecule has 0 fully saturated rings. The first-order valence-electron chi connectivity index (χ1n) is 6.72. The maximum atomic E-state index is 9.58. The fourth-order valence-electron chi connectivity index (χ4n) is 2.41. The zero-order chi connectivity index (χ0) is 15.7. The Kier molecular flexibility index (Phi) is 3.68. The number of aryl methyl sites for hydroxylation is 1. The predicted octanol–water partition coefficient (Wildman–Crippen LogP) is 3.62. The molecule has 1 heterocycles. The molecule has 112 valence electrons. The van der Waals surface area contributed by atoms with Crippen molar-refractivity contribution in [2.24, 2.45) is 0 Å². The lowest BCUT2D eigenvalue weighted by Crippen LogP contribution is -2.01. The highest BCUT2D eigenvalue weighted by Crippen LogP contribution is 2.30. The summed E-state index contributed by atoms with van der Waals surface area (Å²) in [7, 11) is 1.62. The second kappa shape index (κ2) is 5.65. The van der Waals surface area contributed by atoms with E-state index in [1.165, 1.54) is 0 Å². The molecule has 5 nitrogen and oxygen atoms in total. The minimum Gasteiger partial charge on any atom is -0.508 e. The number of methoxy groups -OCH3 is 1. The lowest BCUT2D eigenvalue weighted by molar-refractivity contribution is 0.413. The van der Waals surface area contributed by atoms with E-state index in [-0.39, 0.29) is 5.75 Å². The van der Waals surface area contributed by atoms with Crippen LogP contribution in [0.1, 0.15) is 5.56 Å². The van der Waals surface area contributed by atoms with Gasteiger partial charge in [0.1, 0.15) is 11.5 Å². The topological polar surface area (TPSA) is 63.1 Å². The van der Waals surface area contributed by atoms with Crippen molar-refractivity contribution in [2.45, 2.75) is 6.92 Å². The molecule has 3 rings (SSSR count). The number of hydrogen-bond acceptors (Lipinski definition) is 4. The summed E-state index contributed by atoms with van der Waals surface area (Å²) in [6.45, 7) is 1.92. The van der Waals surface area contributed by atoms with Gasteiger partial charge in [0.15, 0.2) is 10.6 Å². The largest absolute Gasteiger partial charge is 0.508 e. The van der Waals surface area contributed by atoms with Gasteiger partial charge in [-0.3, -0.25) is 9.67 Å². The summed E-state index contributed by atoms with van der Waals surface area (Å²) in [6.07, 6.45) is 0. The summed E-state index contributed by atoms with van der Waals surface area (Å²) >= 11 is 5.37. The highest BCUT2D eigenvalue weighted by atomic mass is 32.1. The molecular formula is C16H15N3O2S. The van der Waals surface area contributed by atoms with Gasteiger partial charge in [-0.2, -0.15) is 5.10 Å². The number of aromatic hydroxyl groups is 1. The van der Waals surface area contributed by atoms with Gasteiger partial charge in [0.2, 0.25) is 0 Å². The van der Waals surface area contributed by atoms with E-state index in [0.717, 1.165) is 16.8 Å². The maximum absolute atomic E-state index is 9.58. The summed E-state index contributed by atoms with van der Waals surface area (Å²) in [5.74, 6) is 1.60. The first kappa shape index (κ1) is 14.3. The molecule has 0 spiro atoms. The Hall–Kier alpha value is -2.60. The quantitative estimate of drug-likeness (QED) is 0.725. The number of nitrogens with zero attached hydrogens (tertiary/aromatic N) is 2. The fourth-order valence-corrected chi connectivity index (χ4v) is 2.64. The molecule has 1 aromatic heterocycles. The average Bonchev–Trinajstić information content (AvgIpc) is 2.88. The summed E-state index contributed by atoms with van der Waals surface area (Å²) in [4.78, 5) is 0. The van der Waals surface area contributed by atoms with E-state index < -0.39 is 0 Å². The number of rotatable bonds is 3. The first-order valence-corrected chi connectivity index (χ1v) is 7.13. The molecule has 22 heavy (non-hydrogen) atoms. The van der Waals surface area contributed by atoms with E-state index in [1.54, 1.807) is 19.2 Å². The van der Waals surface area contributed by atoms with Crippen molar-refractivity contribution >= 4 is 12.2 Å². The number of benzene rings is 2. The molecule has 0 unspecified atom stereocenters. The van der Waals surface area contributed by atoms with Crippen molar-refractivity contribution < 1.29 is 9.84 Å². The zero-order valence-electron chi connectivity index (χ0n) is 12.2. The van der Waals surface area contributed by atoms with Gasteiger partial charge >= 0.3 is 0 Å². The maximum Gasteiger partial charge on any atom is 0.200 e. The van der Waals surface area contributed by atoms with Gasteiger partial charge in [-0.15, -0.1) is 0 Å². The molecule has 2 N–H and O–H groups in total. The Bertz CT molecular complexity index is 883. The minimum absolute atomic E-state index is 0.222. The SMILES string of the molecule is COc1ccccc1-n1c(-c2ccc(O)cc2C)n[nH]c1=S. The third-order valence-corrected chi connectivity index (χ3v) is 3.72. The van der Waals surface area contributed by atoms with Crippen LogP contribution < -0.4 is 4.74 Å². The Morgan fingerprint density at radius 3 is 2.73 bits per heavy atom. The summed E-state index contributed by atoms with van der Waals surface area (Å²) in [5, 5.41) is 16.7. The van der Waals surface area contributed by atoms with E-state index in [0.29, 0.717) is 16.3 Å². The molecule has 6 heteroatoms. The lowest BCUT2D eigenvalue weighted by Gasteiger charge is -2.12. The smallest absolute Gasteiger partial charge is 0.200 e. The first-order chi connectivity index (χ1) is 10.6. The van der Waals surface area contributed by atoms with Crippen LogP contribution in [0.15, 0.2) is 42.5 Å². The van der Waals surface area contributed by atoms with Gasteiger partial charge in [-0.05, 0) is 55.0 Å². The average molecular weight is 313 g/mol. The van der Waals surface area contributed by atoms with Gasteiger partial charge in [0.05, 0.1) is 12.8 Å². The van der Waals surface area contributed by atoms with Crippen molar-refractivity contribution in [1.29, 1.82) is 0 Å². The Balaban J connectivity index is 2.27. The van der Waals surface area contributed by atoms with Crippen LogP contribution in [-0.4, -0.2) is 27.0 Å². The van der Waals surface area contributed by atoms with E-state index in [9.17, 15) is 5.11 Å². The highest BCUT2D eigenvalue weighted by molar-refractivity contribution is 7.71. The number of aromatic amines is 1. The molecule has 0 bridgehead atoms. The van der Waals surface area contributed by atoms with Crippen LogP contribution in [0.2, 0.25) is 0 Å². The second-order valence-corrected chi connectivity index (χ2v) is 5.25. The Morgan fingerprint density at radius 2 is 2.00 bits per heavy atom. The van der Waals surface area contributed by atoms with Crippen molar-refractivity contribution in [3.05, 3.63) is 52.8 Å². The number of aromatic nitrogens is 3. The third kappa shape index (κ3) is 2.37. The lowest BCUT2D eigenvalue weighted by atomic mass is 10.1. The van der Waals surface area contributed by atoms with Crippen molar-refractivity contribution in [1.82, 2.24) is 14.8 Å². The van der Waals surface area contributed by atoms with Crippen LogP contribution in [0.4, 0.5) is 0 Å². The predicted molar refractivity (Wildman–Crippen MR) is 87.1 cm³/mol. The van der Waals surface area contributed by atoms with Crippen molar-refractivity contribution in [2.75, 3.05) is 7.11 Å². The van der Waals surface area contributed by atoms with E-state index in [2.05, 4.69) is 10.2 Å². The number of phenols is 1. The van der Waals surface area contributed by atoms with Crippen LogP contribution in [0.25, 0.3) is 17.1 Å². The van der Waals surface area contributed by atoms with Gasteiger partial charge in [-0.25, -0.2) is 0 Å². The third-order valence-electron chi connectivity index (χ3n) is 3.45. The van der Waals surface area contributed by atoms with Crippen molar-refractivity contribution in [3.8, 4) is 28.6 Å². The van der Waals surface area contributed by atoms with Crippen LogP contribution in [-0.2, 0) is 0 Å². The summed E-state index contributed by atoms with van der Waals surface area (Å²) < 4.78 is 7.72. The number of H-pyrrole nitrogens is 1. The van der Waals surface area contributed by atoms with Gasteiger partial charge in [0.25, 0.3) is 0 Å². The van der Waals surface area contributed by atoms with Crippen LogP contribution in [0, 0.1) is 11.7 Å². The van der Waals surface area contributed by atoms with Gasteiger partial charge in [-0.1, -0.05) is 12.1 Å². The van der Waals surface area contributed by atoms with E-state index >= 15 is 0 Å². The zero-order valence-corrected chi connectivity index (χ0v) is 13.0. The summed E-state index contributed by atoms with van der Waals surface area (Å²) in [5.41, 5.74) is 2.60. The number of nitrogens with one attached hydrogen (secondary N) is 1. The number of phenolic OH excluding ortho intramolecular Hbond substituents is 1. The molecular weight excluding hydrogens is 298 g/mol. The van der Waals surface area contributed by atoms with Gasteiger partial charge in [0, 0.05) is 5.56 Å². The number of hydrogen-bond donors (Lipinski definition) is 2. The minimum atomic E-state index is 0.222. The van der Waals surface area contributed by atoms with Gasteiger partial charge < -0.3 is 9.84 Å². The molecule has 0 radical (unpaired) electrons. The van der Waals surface area contributed by atoms with E-state index in [1.807, 2.05) is 41.8 Å². The Morgan fingerprint density at radius 1 is 1.23 bits per heavy atom. The number of ether oxygens (including phenoxy) is 1. The summed E-state index contributed by atoms with van der Waals surface area (Å²) in [6, 6.07) is 12.8. The standard InChI is InChI=1S/C16H15N3O2S/c1-10-9-11(20)7-8-12(10)15-17-18-16(22)19(15)13-5-3-4-6-14(13)21-2/h3-9,20H,1-2H3,(H,18,22). The highest BCUT2D eigenvalue weighted by Gasteiger charge is 2.15. The van der Waals surface area contributed by atoms with Crippen molar-refractivity contribution in [3.63, 3.8) is 0 Å². The molecule has 0 amide bonds.